The highest BCUT2D eigenvalue weighted by Crippen LogP contribution is 2.31. The van der Waals surface area contributed by atoms with Crippen LogP contribution in [0.15, 0.2) is 18.2 Å². The first kappa shape index (κ1) is 16.4. The molecule has 3 aliphatic rings. The lowest BCUT2D eigenvalue weighted by Gasteiger charge is -2.42. The second-order valence-corrected chi connectivity index (χ2v) is 7.49. The third-order valence-electron chi connectivity index (χ3n) is 5.80. The van der Waals surface area contributed by atoms with Gasteiger partial charge in [0.1, 0.15) is 0 Å². The van der Waals surface area contributed by atoms with Gasteiger partial charge in [0.05, 0.1) is 0 Å². The molecular formula is C19H26N4O2. The van der Waals surface area contributed by atoms with Crippen molar-refractivity contribution in [1.29, 1.82) is 0 Å². The quantitative estimate of drug-likeness (QED) is 0.852. The Hall–Kier alpha value is -2.08. The van der Waals surface area contributed by atoms with Gasteiger partial charge in [-0.05, 0) is 56.5 Å². The molecule has 6 heteroatoms. The number of fused-ring (bicyclic) bond motifs is 2. The van der Waals surface area contributed by atoms with Crippen LogP contribution >= 0.6 is 0 Å². The Kier molecular flexibility index (Phi) is 4.15. The molecule has 0 unspecified atom stereocenters. The summed E-state index contributed by atoms with van der Waals surface area (Å²) in [5.74, 6) is 0.0683. The Bertz CT molecular complexity index is 705. The Balaban J connectivity index is 1.45. The fraction of sp³-hybridized carbons (Fsp3) is 0.579. The normalized spacial score (nSPS) is 25.7. The number of urea groups is 1. The van der Waals surface area contributed by atoms with Gasteiger partial charge < -0.3 is 15.1 Å². The second-order valence-electron chi connectivity index (χ2n) is 7.49. The second kappa shape index (κ2) is 6.33. The van der Waals surface area contributed by atoms with Crippen molar-refractivity contribution in [3.8, 4) is 0 Å². The van der Waals surface area contributed by atoms with Gasteiger partial charge in [-0.3, -0.25) is 9.69 Å². The third-order valence-corrected chi connectivity index (χ3v) is 5.80. The molecule has 1 aromatic rings. The number of hydrogen-bond donors (Lipinski definition) is 1. The summed E-state index contributed by atoms with van der Waals surface area (Å²) >= 11 is 0. The molecule has 0 saturated carbocycles. The molecule has 3 heterocycles. The summed E-state index contributed by atoms with van der Waals surface area (Å²) in [4.78, 5) is 30.7. The van der Waals surface area contributed by atoms with Crippen molar-refractivity contribution < 1.29 is 9.59 Å². The highest BCUT2D eigenvalue weighted by molar-refractivity contribution is 5.95. The van der Waals surface area contributed by atoms with Gasteiger partial charge in [0.15, 0.2) is 0 Å². The maximum Gasteiger partial charge on any atom is 0.322 e. The standard InChI is InChI=1S/C19H26N4O2/c1-13-11-21-8-3-4-17(21)12-23(13)19(25)20-16-5-6-18-15(10-16)7-9-22(18)14(2)24/h5-6,10,13,17H,3-4,7-9,11-12H2,1-2H3,(H,20,25)/t13-,17-/m1/s1. The van der Waals surface area contributed by atoms with Crippen LogP contribution in [0.4, 0.5) is 16.2 Å². The number of carbonyl (C=O) groups is 2. The smallest absolute Gasteiger partial charge is 0.319 e. The topological polar surface area (TPSA) is 55.9 Å². The number of hydrogen-bond acceptors (Lipinski definition) is 3. The van der Waals surface area contributed by atoms with E-state index in [4.69, 9.17) is 0 Å². The van der Waals surface area contributed by atoms with Gasteiger partial charge in [-0.1, -0.05) is 0 Å². The lowest BCUT2D eigenvalue weighted by atomic mass is 10.1. The summed E-state index contributed by atoms with van der Waals surface area (Å²) < 4.78 is 0. The van der Waals surface area contributed by atoms with Gasteiger partial charge >= 0.3 is 6.03 Å². The summed E-state index contributed by atoms with van der Waals surface area (Å²) in [6.07, 6.45) is 3.27. The zero-order valence-electron chi connectivity index (χ0n) is 15.0. The van der Waals surface area contributed by atoms with E-state index < -0.39 is 0 Å². The van der Waals surface area contributed by atoms with E-state index in [1.807, 2.05) is 23.1 Å². The van der Waals surface area contributed by atoms with E-state index in [0.717, 1.165) is 43.0 Å². The number of nitrogens with zero attached hydrogens (tertiary/aromatic N) is 3. The summed E-state index contributed by atoms with van der Waals surface area (Å²) in [6, 6.07) is 6.59. The van der Waals surface area contributed by atoms with Crippen molar-refractivity contribution in [2.75, 3.05) is 36.4 Å². The molecule has 134 valence electrons. The molecule has 0 spiro atoms. The van der Waals surface area contributed by atoms with Crippen LogP contribution in [-0.4, -0.2) is 60.0 Å². The van der Waals surface area contributed by atoms with E-state index in [1.54, 1.807) is 11.8 Å². The van der Waals surface area contributed by atoms with Crippen molar-refractivity contribution >= 4 is 23.3 Å². The molecule has 3 amide bonds. The summed E-state index contributed by atoms with van der Waals surface area (Å²) in [5, 5.41) is 3.06. The largest absolute Gasteiger partial charge is 0.322 e. The fourth-order valence-electron chi connectivity index (χ4n) is 4.47. The molecule has 6 nitrogen and oxygen atoms in total. The lowest BCUT2D eigenvalue weighted by Crippen LogP contribution is -2.57. The number of benzene rings is 1. The molecule has 2 saturated heterocycles. The van der Waals surface area contributed by atoms with Crippen molar-refractivity contribution in [2.24, 2.45) is 0 Å². The van der Waals surface area contributed by atoms with Gasteiger partial charge in [-0.15, -0.1) is 0 Å². The first-order chi connectivity index (χ1) is 12.0. The van der Waals surface area contributed by atoms with Gasteiger partial charge in [0.25, 0.3) is 0 Å². The fourth-order valence-corrected chi connectivity index (χ4v) is 4.47. The van der Waals surface area contributed by atoms with Crippen LogP contribution in [0.1, 0.15) is 32.3 Å². The molecule has 2 atom stereocenters. The van der Waals surface area contributed by atoms with E-state index in [-0.39, 0.29) is 18.0 Å². The number of rotatable bonds is 1. The van der Waals surface area contributed by atoms with Crippen LogP contribution < -0.4 is 10.2 Å². The summed E-state index contributed by atoms with van der Waals surface area (Å²) in [6.45, 7) is 7.40. The highest BCUT2D eigenvalue weighted by atomic mass is 16.2. The third kappa shape index (κ3) is 2.99. The predicted molar refractivity (Wildman–Crippen MR) is 98.0 cm³/mol. The van der Waals surface area contributed by atoms with E-state index in [0.29, 0.717) is 6.04 Å². The minimum absolute atomic E-state index is 0.0135. The number of nitrogens with one attached hydrogen (secondary N) is 1. The summed E-state index contributed by atoms with van der Waals surface area (Å²) in [5.41, 5.74) is 2.91. The van der Waals surface area contributed by atoms with E-state index in [1.165, 1.54) is 19.4 Å². The van der Waals surface area contributed by atoms with E-state index in [9.17, 15) is 9.59 Å². The number of amides is 3. The Morgan fingerprint density at radius 1 is 1.20 bits per heavy atom. The molecule has 3 aliphatic heterocycles. The highest BCUT2D eigenvalue weighted by Gasteiger charge is 2.36. The van der Waals surface area contributed by atoms with Crippen molar-refractivity contribution in [2.45, 2.75) is 45.2 Å². The lowest BCUT2D eigenvalue weighted by molar-refractivity contribution is -0.116. The SMILES string of the molecule is CC(=O)N1CCc2cc(NC(=O)N3C[C@H]4CCCN4C[C@H]3C)ccc21. The van der Waals surface area contributed by atoms with E-state index >= 15 is 0 Å². The number of carbonyl (C=O) groups excluding carboxylic acids is 2. The maximum atomic E-state index is 12.8. The molecule has 0 aromatic heterocycles. The summed E-state index contributed by atoms with van der Waals surface area (Å²) in [7, 11) is 0. The first-order valence-corrected chi connectivity index (χ1v) is 9.25. The van der Waals surface area contributed by atoms with Gasteiger partial charge in [-0.2, -0.15) is 0 Å². The van der Waals surface area contributed by atoms with Crippen LogP contribution in [0.2, 0.25) is 0 Å². The van der Waals surface area contributed by atoms with Crippen molar-refractivity contribution in [1.82, 2.24) is 9.80 Å². The van der Waals surface area contributed by atoms with Crippen molar-refractivity contribution in [3.63, 3.8) is 0 Å². The number of piperazine rings is 1. The monoisotopic (exact) mass is 342 g/mol. The predicted octanol–water partition coefficient (Wildman–Crippen LogP) is 2.30. The maximum absolute atomic E-state index is 12.8. The van der Waals surface area contributed by atoms with Gasteiger partial charge in [0, 0.05) is 50.0 Å². The number of anilines is 2. The van der Waals surface area contributed by atoms with Crippen molar-refractivity contribution in [3.05, 3.63) is 23.8 Å². The van der Waals surface area contributed by atoms with Crippen LogP contribution in [-0.2, 0) is 11.2 Å². The average molecular weight is 342 g/mol. The van der Waals surface area contributed by atoms with E-state index in [2.05, 4.69) is 17.1 Å². The molecule has 2 fully saturated rings. The Labute approximate surface area is 148 Å². The van der Waals surface area contributed by atoms with Gasteiger partial charge in [0.2, 0.25) is 5.91 Å². The first-order valence-electron chi connectivity index (χ1n) is 9.25. The van der Waals surface area contributed by atoms with Crippen LogP contribution in [0.3, 0.4) is 0 Å². The minimum atomic E-state index is -0.0135. The Morgan fingerprint density at radius 3 is 2.84 bits per heavy atom. The van der Waals surface area contributed by atoms with Crippen LogP contribution in [0.25, 0.3) is 0 Å². The molecule has 4 rings (SSSR count). The molecule has 0 radical (unpaired) electrons. The molecular weight excluding hydrogens is 316 g/mol. The molecule has 1 aromatic carbocycles. The average Bonchev–Trinajstić information content (AvgIpc) is 3.19. The van der Waals surface area contributed by atoms with Gasteiger partial charge in [-0.25, -0.2) is 4.79 Å². The van der Waals surface area contributed by atoms with Crippen LogP contribution in [0, 0.1) is 0 Å². The Morgan fingerprint density at radius 2 is 2.04 bits per heavy atom. The zero-order valence-corrected chi connectivity index (χ0v) is 15.0. The molecule has 0 aliphatic carbocycles. The minimum Gasteiger partial charge on any atom is -0.319 e. The molecule has 1 N–H and O–H groups in total. The molecule has 0 bridgehead atoms. The molecule has 25 heavy (non-hydrogen) atoms. The van der Waals surface area contributed by atoms with Crippen LogP contribution in [0.5, 0.6) is 0 Å². The zero-order chi connectivity index (χ0) is 17.6.